The van der Waals surface area contributed by atoms with Gasteiger partial charge in [-0.3, -0.25) is 9.59 Å². The molecule has 0 aliphatic heterocycles. The second-order valence-corrected chi connectivity index (χ2v) is 7.25. The molecule has 3 rings (SSSR count). The number of aryl methyl sites for hydroxylation is 1. The van der Waals surface area contributed by atoms with E-state index in [0.717, 1.165) is 16.8 Å². The van der Waals surface area contributed by atoms with E-state index in [9.17, 15) is 9.59 Å². The van der Waals surface area contributed by atoms with Crippen LogP contribution < -0.4 is 10.9 Å². The molecule has 26 heavy (non-hydrogen) atoms. The average molecular weight is 365 g/mol. The van der Waals surface area contributed by atoms with Gasteiger partial charge in [-0.2, -0.15) is 0 Å². The molecule has 132 valence electrons. The zero-order valence-corrected chi connectivity index (χ0v) is 15.3. The first kappa shape index (κ1) is 17.9. The van der Waals surface area contributed by atoms with Crippen LogP contribution in [0.15, 0.2) is 70.6 Å². The topological polar surface area (TPSA) is 74.8 Å². The zero-order chi connectivity index (χ0) is 18.5. The number of carbonyl (C=O) groups is 1. The lowest BCUT2D eigenvalue weighted by molar-refractivity contribution is -0.115. The van der Waals surface area contributed by atoms with Gasteiger partial charge in [0.15, 0.2) is 5.16 Å². The summed E-state index contributed by atoms with van der Waals surface area (Å²) in [6.45, 7) is 3.77. The number of aromatic amines is 1. The van der Waals surface area contributed by atoms with Gasteiger partial charge in [0.05, 0.1) is 10.9 Å². The largest absolute Gasteiger partial charge is 0.325 e. The third-order valence-corrected chi connectivity index (χ3v) is 4.75. The monoisotopic (exact) mass is 365 g/mol. The molecule has 0 aliphatic rings. The van der Waals surface area contributed by atoms with Crippen molar-refractivity contribution < 1.29 is 4.79 Å². The molecule has 1 aromatic heterocycles. The number of rotatable bonds is 5. The van der Waals surface area contributed by atoms with Gasteiger partial charge in [-0.25, -0.2) is 4.98 Å². The van der Waals surface area contributed by atoms with E-state index in [1.165, 1.54) is 17.8 Å². The Hall–Kier alpha value is -2.86. The number of thioether (sulfide) groups is 1. The number of hydrogen-bond acceptors (Lipinski definition) is 4. The Kier molecular flexibility index (Phi) is 5.53. The van der Waals surface area contributed by atoms with E-state index in [1.807, 2.05) is 61.5 Å². The lowest BCUT2D eigenvalue weighted by Crippen LogP contribution is -2.23. The Labute approximate surface area is 155 Å². The second-order valence-electron chi connectivity index (χ2n) is 5.92. The molecule has 2 N–H and O–H groups in total. The fraction of sp³-hybridized carbons (Fsp3) is 0.150. The maximum atomic E-state index is 12.4. The first-order chi connectivity index (χ1) is 12.5. The summed E-state index contributed by atoms with van der Waals surface area (Å²) < 4.78 is 0. The Bertz CT molecular complexity index is 953. The Morgan fingerprint density at radius 1 is 1.12 bits per heavy atom. The van der Waals surface area contributed by atoms with Crippen molar-refractivity contribution in [2.24, 2.45) is 0 Å². The van der Waals surface area contributed by atoms with Crippen molar-refractivity contribution in [3.05, 3.63) is 76.6 Å². The second kappa shape index (κ2) is 8.01. The number of hydrogen-bond donors (Lipinski definition) is 2. The van der Waals surface area contributed by atoms with Crippen LogP contribution in [-0.2, 0) is 4.79 Å². The van der Waals surface area contributed by atoms with E-state index < -0.39 is 5.25 Å². The zero-order valence-electron chi connectivity index (χ0n) is 14.5. The highest BCUT2D eigenvalue weighted by Crippen LogP contribution is 2.23. The molecule has 0 fully saturated rings. The van der Waals surface area contributed by atoms with Crippen molar-refractivity contribution in [3.63, 3.8) is 0 Å². The van der Waals surface area contributed by atoms with Gasteiger partial charge in [-0.1, -0.05) is 59.8 Å². The average Bonchev–Trinajstić information content (AvgIpc) is 2.64. The molecule has 0 aliphatic carbocycles. The first-order valence-corrected chi connectivity index (χ1v) is 9.10. The molecular formula is C20H19N3O2S. The van der Waals surface area contributed by atoms with E-state index in [2.05, 4.69) is 15.3 Å². The molecule has 0 radical (unpaired) electrons. The van der Waals surface area contributed by atoms with Crippen LogP contribution in [-0.4, -0.2) is 21.1 Å². The minimum atomic E-state index is -0.412. The molecule has 1 amide bonds. The molecule has 0 saturated heterocycles. The van der Waals surface area contributed by atoms with Crippen molar-refractivity contribution >= 4 is 23.4 Å². The molecule has 0 bridgehead atoms. The van der Waals surface area contributed by atoms with Gasteiger partial charge < -0.3 is 10.3 Å². The number of H-pyrrole nitrogens is 1. The molecule has 1 atom stereocenters. The Morgan fingerprint density at radius 2 is 1.81 bits per heavy atom. The lowest BCUT2D eigenvalue weighted by atomic mass is 10.1. The standard InChI is InChI=1S/C20H19N3O2S/c1-13-8-10-16(11-9-13)21-19(25)14(2)26-20-22-17(12-18(24)23-20)15-6-4-3-5-7-15/h3-12,14H,1-2H3,(H,21,25)(H,22,23,24)/t14-/m0/s1. The number of aromatic nitrogens is 2. The van der Waals surface area contributed by atoms with Crippen molar-refractivity contribution in [1.29, 1.82) is 0 Å². The highest BCUT2D eigenvalue weighted by Gasteiger charge is 2.16. The van der Waals surface area contributed by atoms with Gasteiger partial charge in [0.25, 0.3) is 5.56 Å². The summed E-state index contributed by atoms with van der Waals surface area (Å²) in [6, 6.07) is 18.5. The first-order valence-electron chi connectivity index (χ1n) is 8.22. The van der Waals surface area contributed by atoms with Gasteiger partial charge in [0.2, 0.25) is 5.91 Å². The highest BCUT2D eigenvalue weighted by atomic mass is 32.2. The lowest BCUT2D eigenvalue weighted by Gasteiger charge is -2.12. The highest BCUT2D eigenvalue weighted by molar-refractivity contribution is 8.00. The van der Waals surface area contributed by atoms with Gasteiger partial charge >= 0.3 is 0 Å². The summed E-state index contributed by atoms with van der Waals surface area (Å²) in [4.78, 5) is 31.5. The van der Waals surface area contributed by atoms with Crippen LogP contribution in [0.4, 0.5) is 5.69 Å². The molecule has 0 saturated carbocycles. The van der Waals surface area contributed by atoms with Crippen LogP contribution in [0.5, 0.6) is 0 Å². The molecular weight excluding hydrogens is 346 g/mol. The van der Waals surface area contributed by atoms with E-state index in [0.29, 0.717) is 10.9 Å². The predicted molar refractivity (Wildman–Crippen MR) is 105 cm³/mol. The molecule has 0 spiro atoms. The Morgan fingerprint density at radius 3 is 2.50 bits per heavy atom. The SMILES string of the molecule is Cc1ccc(NC(=O)[C@H](C)Sc2nc(-c3ccccc3)cc(=O)[nH]2)cc1. The smallest absolute Gasteiger partial charge is 0.252 e. The number of nitrogens with zero attached hydrogens (tertiary/aromatic N) is 1. The van der Waals surface area contributed by atoms with Gasteiger partial charge in [0.1, 0.15) is 0 Å². The van der Waals surface area contributed by atoms with Gasteiger partial charge in [-0.15, -0.1) is 0 Å². The molecule has 2 aromatic carbocycles. The van der Waals surface area contributed by atoms with Crippen LogP contribution in [0.2, 0.25) is 0 Å². The number of anilines is 1. The molecule has 6 heteroatoms. The van der Waals surface area contributed by atoms with Crippen molar-refractivity contribution in [2.45, 2.75) is 24.3 Å². The van der Waals surface area contributed by atoms with Crippen LogP contribution >= 0.6 is 11.8 Å². The predicted octanol–water partition coefficient (Wildman–Crippen LogP) is 3.86. The van der Waals surface area contributed by atoms with Crippen LogP contribution in [0, 0.1) is 6.92 Å². The molecule has 1 heterocycles. The summed E-state index contributed by atoms with van der Waals surface area (Å²) in [6.07, 6.45) is 0. The normalized spacial score (nSPS) is 11.8. The van der Waals surface area contributed by atoms with E-state index in [-0.39, 0.29) is 11.5 Å². The third kappa shape index (κ3) is 4.61. The summed E-state index contributed by atoms with van der Waals surface area (Å²) in [7, 11) is 0. The number of carbonyl (C=O) groups excluding carboxylic acids is 1. The third-order valence-electron chi connectivity index (χ3n) is 3.77. The summed E-state index contributed by atoms with van der Waals surface area (Å²) >= 11 is 1.22. The summed E-state index contributed by atoms with van der Waals surface area (Å²) in [5.41, 5.74) is 3.07. The maximum Gasteiger partial charge on any atom is 0.252 e. The number of benzene rings is 2. The summed E-state index contributed by atoms with van der Waals surface area (Å²) in [5, 5.41) is 2.88. The van der Waals surface area contributed by atoms with E-state index >= 15 is 0 Å². The van der Waals surface area contributed by atoms with Crippen LogP contribution in [0.1, 0.15) is 12.5 Å². The molecule has 0 unspecified atom stereocenters. The minimum absolute atomic E-state index is 0.147. The van der Waals surface area contributed by atoms with E-state index in [4.69, 9.17) is 0 Å². The van der Waals surface area contributed by atoms with Crippen molar-refractivity contribution in [2.75, 3.05) is 5.32 Å². The van der Waals surface area contributed by atoms with Gasteiger partial charge in [0, 0.05) is 17.3 Å². The van der Waals surface area contributed by atoms with E-state index in [1.54, 1.807) is 6.92 Å². The maximum absolute atomic E-state index is 12.4. The Balaban J connectivity index is 1.73. The van der Waals surface area contributed by atoms with Crippen LogP contribution in [0.3, 0.4) is 0 Å². The van der Waals surface area contributed by atoms with Crippen LogP contribution in [0.25, 0.3) is 11.3 Å². The molecule has 5 nitrogen and oxygen atoms in total. The quantitative estimate of drug-likeness (QED) is 0.532. The number of nitrogens with one attached hydrogen (secondary N) is 2. The molecule has 3 aromatic rings. The van der Waals surface area contributed by atoms with Gasteiger partial charge in [-0.05, 0) is 26.0 Å². The fourth-order valence-corrected chi connectivity index (χ4v) is 3.16. The number of amides is 1. The summed E-state index contributed by atoms with van der Waals surface area (Å²) in [5.74, 6) is -0.147. The fourth-order valence-electron chi connectivity index (χ4n) is 2.35. The van der Waals surface area contributed by atoms with Crippen molar-refractivity contribution in [3.8, 4) is 11.3 Å². The minimum Gasteiger partial charge on any atom is -0.325 e. The van der Waals surface area contributed by atoms with Crippen molar-refractivity contribution in [1.82, 2.24) is 9.97 Å².